The highest BCUT2D eigenvalue weighted by Crippen LogP contribution is 2.06. The Morgan fingerprint density at radius 1 is 0.957 bits per heavy atom. The zero-order valence-corrected chi connectivity index (χ0v) is 13.0. The Morgan fingerprint density at radius 2 is 1.39 bits per heavy atom. The van der Waals surface area contributed by atoms with Crippen molar-refractivity contribution >= 4 is 13.2 Å². The Balaban J connectivity index is 0.000000463. The number of carbonyl (C=O) groups excluding carboxylic acids is 1. The van der Waals surface area contributed by atoms with Gasteiger partial charge in [-0.3, -0.25) is 4.79 Å². The first-order chi connectivity index (χ1) is 10.6. The minimum atomic E-state index is -6.00. The third-order valence-electron chi connectivity index (χ3n) is 2.83. The minimum Gasteiger partial charge on any atom is -0.418 e. The first kappa shape index (κ1) is 18.7. The maximum Gasteiger partial charge on any atom is 0.673 e. The smallest absolute Gasteiger partial charge is 0.418 e. The molecule has 0 aliphatic heterocycles. The highest BCUT2D eigenvalue weighted by molar-refractivity contribution is 6.50. The summed E-state index contributed by atoms with van der Waals surface area (Å²) in [6, 6.07) is 13.3. The molecule has 1 aromatic heterocycles. The van der Waals surface area contributed by atoms with Gasteiger partial charge in [-0.15, -0.1) is 5.43 Å². The lowest BCUT2D eigenvalue weighted by molar-refractivity contribution is -0.654. The van der Waals surface area contributed by atoms with Crippen molar-refractivity contribution in [2.75, 3.05) is 5.43 Å². The van der Waals surface area contributed by atoms with E-state index < -0.39 is 7.25 Å². The van der Waals surface area contributed by atoms with Crippen LogP contribution in [-0.2, 0) is 0 Å². The Labute approximate surface area is 132 Å². The largest absolute Gasteiger partial charge is 0.673 e. The molecule has 1 amide bonds. The van der Waals surface area contributed by atoms with Crippen LogP contribution in [0.3, 0.4) is 0 Å². The molecule has 0 fully saturated rings. The van der Waals surface area contributed by atoms with Gasteiger partial charge in [0, 0.05) is 31.5 Å². The quantitative estimate of drug-likeness (QED) is 0.510. The van der Waals surface area contributed by atoms with Gasteiger partial charge in [-0.25, -0.2) is 0 Å². The van der Waals surface area contributed by atoms with Gasteiger partial charge < -0.3 is 17.3 Å². The lowest BCUT2D eigenvalue weighted by Gasteiger charge is -2.05. The molecule has 0 atom stereocenters. The van der Waals surface area contributed by atoms with Crippen molar-refractivity contribution in [3.05, 3.63) is 65.0 Å². The molecule has 0 spiro atoms. The van der Waals surface area contributed by atoms with Crippen molar-refractivity contribution < 1.29 is 26.7 Å². The Kier molecular flexibility index (Phi) is 6.30. The van der Waals surface area contributed by atoms with E-state index in [9.17, 15) is 22.1 Å². The third kappa shape index (κ3) is 6.95. The molecule has 0 aliphatic rings. The molecule has 1 N–H and O–H groups in total. The van der Waals surface area contributed by atoms with Crippen LogP contribution in [0, 0.1) is 20.8 Å². The van der Waals surface area contributed by atoms with Gasteiger partial charge in [0.25, 0.3) is 0 Å². The Hall–Kier alpha value is -2.38. The number of hydrogen-bond acceptors (Lipinski definition) is 1. The summed E-state index contributed by atoms with van der Waals surface area (Å²) in [5.41, 5.74) is 6.77. The molecule has 0 saturated heterocycles. The van der Waals surface area contributed by atoms with Crippen molar-refractivity contribution in [2.24, 2.45) is 0 Å². The second kappa shape index (κ2) is 7.76. The van der Waals surface area contributed by atoms with Crippen LogP contribution in [-0.4, -0.2) is 13.2 Å². The zero-order valence-electron chi connectivity index (χ0n) is 13.0. The van der Waals surface area contributed by atoms with Gasteiger partial charge in [0.2, 0.25) is 11.4 Å². The van der Waals surface area contributed by atoms with Crippen LogP contribution in [0.25, 0.3) is 0 Å². The van der Waals surface area contributed by atoms with Gasteiger partial charge in [0.05, 0.1) is 0 Å². The second-order valence-corrected chi connectivity index (χ2v) is 4.95. The van der Waals surface area contributed by atoms with Crippen LogP contribution in [0.15, 0.2) is 42.5 Å². The molecule has 8 heteroatoms. The minimum absolute atomic E-state index is 0.101. The molecule has 0 unspecified atom stereocenters. The van der Waals surface area contributed by atoms with E-state index in [0.29, 0.717) is 5.56 Å². The zero-order chi connectivity index (χ0) is 17.6. The highest BCUT2D eigenvalue weighted by Gasteiger charge is 2.20. The summed E-state index contributed by atoms with van der Waals surface area (Å²) < 4.78 is 40.8. The molecule has 1 heterocycles. The molecule has 124 valence electrons. The standard InChI is InChI=1S/C15H16N2O.BF4/c1-11-9-12(2)17(13(3)10-11)16-15(18)14-7-5-4-6-8-14;2-1(3,4)5/h4-10H,1-3H3;/q;-1/p+1. The summed E-state index contributed by atoms with van der Waals surface area (Å²) in [5.74, 6) is -0.101. The summed E-state index contributed by atoms with van der Waals surface area (Å²) in [6.07, 6.45) is 0. The van der Waals surface area contributed by atoms with Gasteiger partial charge >= 0.3 is 13.2 Å². The van der Waals surface area contributed by atoms with Crippen molar-refractivity contribution in [2.45, 2.75) is 20.8 Å². The number of carbonyl (C=O) groups is 1. The van der Waals surface area contributed by atoms with E-state index >= 15 is 0 Å². The molecular formula is C15H17BF4N2O. The van der Waals surface area contributed by atoms with Crippen molar-refractivity contribution in [1.82, 2.24) is 0 Å². The molecule has 23 heavy (non-hydrogen) atoms. The maximum atomic E-state index is 12.1. The topological polar surface area (TPSA) is 33.0 Å². The Morgan fingerprint density at radius 3 is 1.83 bits per heavy atom. The fourth-order valence-corrected chi connectivity index (χ4v) is 2.04. The van der Waals surface area contributed by atoms with Crippen LogP contribution >= 0.6 is 0 Å². The number of hydrogen-bond donors (Lipinski definition) is 1. The van der Waals surface area contributed by atoms with Gasteiger partial charge in [-0.1, -0.05) is 22.9 Å². The number of halogens is 4. The maximum absolute atomic E-state index is 12.1. The average Bonchev–Trinajstić information content (AvgIpc) is 2.41. The van der Waals surface area contributed by atoms with Crippen molar-refractivity contribution in [3.63, 3.8) is 0 Å². The summed E-state index contributed by atoms with van der Waals surface area (Å²) >= 11 is 0. The van der Waals surface area contributed by atoms with Crippen LogP contribution < -0.4 is 10.1 Å². The van der Waals surface area contributed by atoms with E-state index in [1.807, 2.05) is 55.8 Å². The SMILES string of the molecule is Cc1cc(C)[n+](NC(=O)c2ccccc2)c(C)c1.F[B-](F)(F)F. The molecule has 3 nitrogen and oxygen atoms in total. The summed E-state index contributed by atoms with van der Waals surface area (Å²) in [5, 5.41) is 0. The van der Waals surface area contributed by atoms with Gasteiger partial charge in [-0.05, 0) is 24.6 Å². The molecule has 0 saturated carbocycles. The number of aromatic nitrogens is 1. The first-order valence-corrected chi connectivity index (χ1v) is 6.81. The molecular weight excluding hydrogens is 311 g/mol. The second-order valence-electron chi connectivity index (χ2n) is 4.95. The van der Waals surface area contributed by atoms with Crippen LogP contribution in [0.2, 0.25) is 0 Å². The predicted molar refractivity (Wildman–Crippen MR) is 81.2 cm³/mol. The van der Waals surface area contributed by atoms with Gasteiger partial charge in [-0.2, -0.15) is 0 Å². The van der Waals surface area contributed by atoms with Crippen molar-refractivity contribution in [3.8, 4) is 0 Å². The lowest BCUT2D eigenvalue weighted by atomic mass is 10.2. The van der Waals surface area contributed by atoms with E-state index in [0.717, 1.165) is 11.4 Å². The number of nitrogens with zero attached hydrogens (tertiary/aromatic N) is 1. The fourth-order valence-electron chi connectivity index (χ4n) is 2.04. The first-order valence-electron chi connectivity index (χ1n) is 6.81. The number of benzene rings is 1. The fraction of sp³-hybridized carbons (Fsp3) is 0.200. The molecule has 2 rings (SSSR count). The van der Waals surface area contributed by atoms with E-state index in [4.69, 9.17) is 0 Å². The third-order valence-corrected chi connectivity index (χ3v) is 2.83. The summed E-state index contributed by atoms with van der Waals surface area (Å²) in [6.45, 7) is 6.00. The highest BCUT2D eigenvalue weighted by atomic mass is 19.5. The summed E-state index contributed by atoms with van der Waals surface area (Å²) in [7, 11) is -6.00. The predicted octanol–water partition coefficient (Wildman–Crippen LogP) is 3.58. The molecule has 0 radical (unpaired) electrons. The van der Waals surface area contributed by atoms with E-state index in [-0.39, 0.29) is 5.91 Å². The van der Waals surface area contributed by atoms with Gasteiger partial charge in [0.15, 0.2) is 0 Å². The van der Waals surface area contributed by atoms with E-state index in [2.05, 4.69) is 5.43 Å². The monoisotopic (exact) mass is 328 g/mol. The number of aryl methyl sites for hydroxylation is 3. The number of nitrogens with one attached hydrogen (secondary N) is 1. The molecule has 1 aromatic carbocycles. The normalized spacial score (nSPS) is 10.6. The van der Waals surface area contributed by atoms with Crippen LogP contribution in [0.1, 0.15) is 27.3 Å². The van der Waals surface area contributed by atoms with Crippen LogP contribution in [0.4, 0.5) is 17.3 Å². The van der Waals surface area contributed by atoms with E-state index in [1.54, 1.807) is 12.1 Å². The molecule has 2 aromatic rings. The average molecular weight is 328 g/mol. The molecule has 0 bridgehead atoms. The molecule has 0 aliphatic carbocycles. The summed E-state index contributed by atoms with van der Waals surface area (Å²) in [4.78, 5) is 12.1. The number of rotatable bonds is 2. The number of pyridine rings is 1. The lowest BCUT2D eigenvalue weighted by Crippen LogP contribution is -2.52. The van der Waals surface area contributed by atoms with E-state index in [1.165, 1.54) is 5.56 Å². The van der Waals surface area contributed by atoms with Crippen LogP contribution in [0.5, 0.6) is 0 Å². The number of amides is 1. The Bertz CT molecular complexity index is 646. The van der Waals surface area contributed by atoms with Gasteiger partial charge in [0.1, 0.15) is 0 Å². The van der Waals surface area contributed by atoms with Crippen molar-refractivity contribution in [1.29, 1.82) is 0 Å².